The minimum absolute atomic E-state index is 0.123. The van der Waals surface area contributed by atoms with Crippen LogP contribution in [0.2, 0.25) is 0 Å². The Kier molecular flexibility index (Phi) is 6.53. The number of nitrogens with zero attached hydrogens (tertiary/aromatic N) is 2. The SMILES string of the molecule is C=C(C)CN=C(NCCc1ccco1)N1CCOC(C2CCCO2)C1. The van der Waals surface area contributed by atoms with Gasteiger partial charge in [-0.05, 0) is 31.9 Å². The number of aliphatic imine (C=N–C) groups is 1. The minimum atomic E-state index is 0.123. The van der Waals surface area contributed by atoms with Gasteiger partial charge < -0.3 is 24.1 Å². The average molecular weight is 347 g/mol. The molecule has 1 aromatic heterocycles. The lowest BCUT2D eigenvalue weighted by Crippen LogP contribution is -2.53. The van der Waals surface area contributed by atoms with Crippen LogP contribution in [0.25, 0.3) is 0 Å². The fraction of sp³-hybridized carbons (Fsp3) is 0.632. The molecule has 6 heteroatoms. The maximum absolute atomic E-state index is 5.95. The van der Waals surface area contributed by atoms with Crippen molar-refractivity contribution in [3.8, 4) is 0 Å². The molecule has 25 heavy (non-hydrogen) atoms. The van der Waals surface area contributed by atoms with Crippen LogP contribution in [0.1, 0.15) is 25.5 Å². The van der Waals surface area contributed by atoms with E-state index in [1.165, 1.54) is 0 Å². The molecule has 2 atom stereocenters. The van der Waals surface area contributed by atoms with E-state index in [1.54, 1.807) is 6.26 Å². The summed E-state index contributed by atoms with van der Waals surface area (Å²) in [5.74, 6) is 1.90. The summed E-state index contributed by atoms with van der Waals surface area (Å²) in [6.45, 7) is 10.6. The lowest BCUT2D eigenvalue weighted by Gasteiger charge is -2.37. The first-order chi connectivity index (χ1) is 12.2. The van der Waals surface area contributed by atoms with Crippen LogP contribution in [-0.2, 0) is 15.9 Å². The normalized spacial score (nSPS) is 24.5. The molecule has 2 fully saturated rings. The number of hydrogen-bond acceptors (Lipinski definition) is 4. The highest BCUT2D eigenvalue weighted by atomic mass is 16.5. The minimum Gasteiger partial charge on any atom is -0.469 e. The van der Waals surface area contributed by atoms with E-state index < -0.39 is 0 Å². The van der Waals surface area contributed by atoms with E-state index in [2.05, 4.69) is 16.8 Å². The molecule has 0 saturated carbocycles. The molecule has 1 N–H and O–H groups in total. The highest BCUT2D eigenvalue weighted by Gasteiger charge is 2.32. The first-order valence-electron chi connectivity index (χ1n) is 9.15. The summed E-state index contributed by atoms with van der Waals surface area (Å²) >= 11 is 0. The second kappa shape index (κ2) is 9.06. The molecule has 138 valence electrons. The van der Waals surface area contributed by atoms with Gasteiger partial charge in [-0.15, -0.1) is 0 Å². The first-order valence-corrected chi connectivity index (χ1v) is 9.15. The van der Waals surface area contributed by atoms with Gasteiger partial charge in [-0.3, -0.25) is 0 Å². The molecular formula is C19H29N3O3. The summed E-state index contributed by atoms with van der Waals surface area (Å²) in [7, 11) is 0. The van der Waals surface area contributed by atoms with E-state index in [4.69, 9.17) is 18.9 Å². The Morgan fingerprint density at radius 3 is 2.96 bits per heavy atom. The van der Waals surface area contributed by atoms with E-state index in [1.807, 2.05) is 19.1 Å². The lowest BCUT2D eigenvalue weighted by molar-refractivity contribution is -0.0817. The topological polar surface area (TPSA) is 59.2 Å². The highest BCUT2D eigenvalue weighted by Crippen LogP contribution is 2.21. The summed E-state index contributed by atoms with van der Waals surface area (Å²) in [5, 5.41) is 3.47. The molecule has 2 unspecified atom stereocenters. The summed E-state index contributed by atoms with van der Waals surface area (Å²) in [6, 6.07) is 3.91. The predicted molar refractivity (Wildman–Crippen MR) is 97.8 cm³/mol. The second-order valence-electron chi connectivity index (χ2n) is 6.76. The fourth-order valence-corrected chi connectivity index (χ4v) is 3.22. The van der Waals surface area contributed by atoms with Crippen molar-refractivity contribution in [3.63, 3.8) is 0 Å². The van der Waals surface area contributed by atoms with E-state index in [0.717, 1.165) is 62.8 Å². The van der Waals surface area contributed by atoms with Gasteiger partial charge in [-0.1, -0.05) is 12.2 Å². The average Bonchev–Trinajstić information content (AvgIpc) is 3.31. The molecule has 0 aliphatic carbocycles. The molecule has 1 aromatic rings. The predicted octanol–water partition coefficient (Wildman–Crippen LogP) is 2.22. The molecule has 2 saturated heterocycles. The van der Waals surface area contributed by atoms with Crippen LogP contribution in [0.4, 0.5) is 0 Å². The molecule has 3 heterocycles. The Balaban J connectivity index is 1.58. The van der Waals surface area contributed by atoms with Crippen LogP contribution < -0.4 is 5.32 Å². The Bertz CT molecular complexity index is 564. The third-order valence-electron chi connectivity index (χ3n) is 4.51. The number of ether oxygens (including phenoxy) is 2. The van der Waals surface area contributed by atoms with Crippen molar-refractivity contribution in [3.05, 3.63) is 36.3 Å². The van der Waals surface area contributed by atoms with Crippen molar-refractivity contribution in [2.45, 2.75) is 38.4 Å². The molecule has 0 spiro atoms. The van der Waals surface area contributed by atoms with E-state index in [-0.39, 0.29) is 12.2 Å². The van der Waals surface area contributed by atoms with Crippen molar-refractivity contribution >= 4 is 5.96 Å². The van der Waals surface area contributed by atoms with Gasteiger partial charge in [0.05, 0.1) is 25.5 Å². The second-order valence-corrected chi connectivity index (χ2v) is 6.76. The summed E-state index contributed by atoms with van der Waals surface area (Å²) in [5.41, 5.74) is 1.05. The molecule has 0 aromatic carbocycles. The third-order valence-corrected chi connectivity index (χ3v) is 4.51. The zero-order chi connectivity index (χ0) is 17.5. The molecular weight excluding hydrogens is 318 g/mol. The van der Waals surface area contributed by atoms with Crippen LogP contribution in [0.15, 0.2) is 40.0 Å². The zero-order valence-corrected chi connectivity index (χ0v) is 15.1. The molecule has 0 amide bonds. The Labute approximate surface area is 149 Å². The summed E-state index contributed by atoms with van der Waals surface area (Å²) in [6.07, 6.45) is 5.09. The number of guanidine groups is 1. The fourth-order valence-electron chi connectivity index (χ4n) is 3.22. The number of furan rings is 1. The van der Waals surface area contributed by atoms with Gasteiger partial charge in [0.2, 0.25) is 0 Å². The first kappa shape index (κ1) is 18.0. The van der Waals surface area contributed by atoms with Crippen LogP contribution in [0.3, 0.4) is 0 Å². The van der Waals surface area contributed by atoms with E-state index in [9.17, 15) is 0 Å². The summed E-state index contributed by atoms with van der Waals surface area (Å²) < 4.78 is 17.2. The Morgan fingerprint density at radius 1 is 1.36 bits per heavy atom. The van der Waals surface area contributed by atoms with Crippen LogP contribution in [-0.4, -0.2) is 62.5 Å². The summed E-state index contributed by atoms with van der Waals surface area (Å²) in [4.78, 5) is 7.01. The smallest absolute Gasteiger partial charge is 0.194 e. The van der Waals surface area contributed by atoms with E-state index >= 15 is 0 Å². The van der Waals surface area contributed by atoms with Crippen molar-refractivity contribution in [2.24, 2.45) is 4.99 Å². The van der Waals surface area contributed by atoms with Gasteiger partial charge in [-0.25, -0.2) is 4.99 Å². The lowest BCUT2D eigenvalue weighted by atomic mass is 10.1. The quantitative estimate of drug-likeness (QED) is 0.486. The number of morpholine rings is 1. The molecule has 3 rings (SSSR count). The van der Waals surface area contributed by atoms with Gasteiger partial charge in [-0.2, -0.15) is 0 Å². The van der Waals surface area contributed by atoms with E-state index in [0.29, 0.717) is 13.2 Å². The number of rotatable bonds is 6. The van der Waals surface area contributed by atoms with Crippen molar-refractivity contribution < 1.29 is 13.9 Å². The van der Waals surface area contributed by atoms with Crippen molar-refractivity contribution in [1.29, 1.82) is 0 Å². The third kappa shape index (κ3) is 5.34. The monoisotopic (exact) mass is 347 g/mol. The van der Waals surface area contributed by atoms with Gasteiger partial charge in [0.25, 0.3) is 0 Å². The standard InChI is InChI=1S/C19H29N3O3/c1-15(2)13-21-19(20-8-7-16-5-3-10-23-16)22-9-12-25-18(14-22)17-6-4-11-24-17/h3,5,10,17-18H,1,4,6-9,11-14H2,2H3,(H,20,21). The van der Waals surface area contributed by atoms with Crippen molar-refractivity contribution in [1.82, 2.24) is 10.2 Å². The highest BCUT2D eigenvalue weighted by molar-refractivity contribution is 5.80. The molecule has 0 bridgehead atoms. The Hall–Kier alpha value is -1.79. The Morgan fingerprint density at radius 2 is 2.24 bits per heavy atom. The van der Waals surface area contributed by atoms with Crippen LogP contribution in [0, 0.1) is 0 Å². The van der Waals surface area contributed by atoms with Crippen LogP contribution >= 0.6 is 0 Å². The van der Waals surface area contributed by atoms with Crippen molar-refractivity contribution in [2.75, 3.05) is 39.4 Å². The van der Waals surface area contributed by atoms with Crippen LogP contribution in [0.5, 0.6) is 0 Å². The number of nitrogens with one attached hydrogen (secondary N) is 1. The van der Waals surface area contributed by atoms with Gasteiger partial charge in [0, 0.05) is 32.7 Å². The van der Waals surface area contributed by atoms with Gasteiger partial charge >= 0.3 is 0 Å². The molecule has 2 aliphatic rings. The van der Waals surface area contributed by atoms with Gasteiger partial charge in [0.15, 0.2) is 5.96 Å². The number of hydrogen-bond donors (Lipinski definition) is 1. The largest absolute Gasteiger partial charge is 0.469 e. The molecule has 0 radical (unpaired) electrons. The molecule has 6 nitrogen and oxygen atoms in total. The zero-order valence-electron chi connectivity index (χ0n) is 15.1. The van der Waals surface area contributed by atoms with Gasteiger partial charge in [0.1, 0.15) is 11.9 Å². The molecule has 2 aliphatic heterocycles. The maximum atomic E-state index is 5.95. The maximum Gasteiger partial charge on any atom is 0.194 e.